The first-order chi connectivity index (χ1) is 0. The molecule has 5 heteroatoms. The van der Waals surface area contributed by atoms with E-state index in [1.165, 1.54) is 0 Å². The average Bonchev–Trinajstić information content (AvgIpc) is 0. The van der Waals surface area contributed by atoms with Crippen LogP contribution in [0.25, 0.3) is 0 Å². The minimum atomic E-state index is 0. The van der Waals surface area contributed by atoms with Crippen molar-refractivity contribution in [3.8, 4) is 0 Å². The molecule has 0 fully saturated rings. The molecule has 0 rings (SSSR count). The number of hydrogen-bond acceptors (Lipinski definition) is 0. The maximum atomic E-state index is 0. The first-order valence-corrected chi connectivity index (χ1v) is 0. The third-order valence-electron chi connectivity index (χ3n) is 0. The Kier molecular flexibility index (Phi) is 12100. The topological polar surface area (TPSA) is 122 Å². The van der Waals surface area contributed by atoms with Crippen molar-refractivity contribution in [3.05, 3.63) is 0 Å². The van der Waals surface area contributed by atoms with Crippen LogP contribution in [-0.4, -0.2) is 0 Å². The average molecular weight is 247 g/mol. The zero-order valence-electron chi connectivity index (χ0n) is 2.67. The third kappa shape index (κ3) is 90.6. The molecule has 0 amide bonds. The number of hydrogen-bond donors (Lipinski definition) is 1. The van der Waals surface area contributed by atoms with Crippen molar-refractivity contribution in [2.24, 2.45) is 0 Å². The Bertz CT molecular complexity index is 6.85. The van der Waals surface area contributed by atoms with E-state index in [-0.39, 0.29) is 45.0 Å². The molecule has 0 saturated heterocycles. The standard InChI is InChI=1S/H3N.3O.Ta/h1H3;;;;/q;3*-2;+5/p+1. The molecule has 0 spiro atoms. The summed E-state index contributed by atoms with van der Waals surface area (Å²) in [5, 5.41) is 0. The SMILES string of the molecule is [NH4+].[O-2].[O-2].[O-2].[Ta+5]. The van der Waals surface area contributed by atoms with E-state index in [0.29, 0.717) is 0 Å². The van der Waals surface area contributed by atoms with Crippen LogP contribution < -0.4 is 6.15 Å². The Balaban J connectivity index is 0. The maximum Gasteiger partial charge on any atom is 5.00 e. The van der Waals surface area contributed by atoms with Gasteiger partial charge in [-0.25, -0.2) is 0 Å². The minimum absolute atomic E-state index is 0. The molecule has 4 N–H and O–H groups in total. The summed E-state index contributed by atoms with van der Waals surface area (Å²) in [7, 11) is 0. The smallest absolute Gasteiger partial charge is 2.00 e. The molecular weight excluding hydrogens is 243 g/mol. The molecule has 0 aromatic carbocycles. The summed E-state index contributed by atoms with van der Waals surface area (Å²) in [4.78, 5) is 0. The summed E-state index contributed by atoms with van der Waals surface area (Å²) in [5.41, 5.74) is 0. The van der Waals surface area contributed by atoms with Gasteiger partial charge in [0.2, 0.25) is 0 Å². The van der Waals surface area contributed by atoms with Crippen molar-refractivity contribution in [2.45, 2.75) is 0 Å². The molecule has 4 nitrogen and oxygen atoms in total. The molecule has 0 unspecified atom stereocenters. The van der Waals surface area contributed by atoms with Gasteiger partial charge in [-0.05, 0) is 0 Å². The maximum absolute atomic E-state index is 0. The Morgan fingerprint density at radius 2 is 0.600 bits per heavy atom. The molecule has 0 aliphatic carbocycles. The first kappa shape index (κ1) is 348. The molecule has 0 atom stereocenters. The second kappa shape index (κ2) is 174. The normalized spacial score (nSPS) is 0. The van der Waals surface area contributed by atoms with E-state index in [2.05, 4.69) is 0 Å². The predicted octanol–water partition coefficient (Wildman–Crippen LogP) is 0.0173. The van der Waals surface area contributed by atoms with Gasteiger partial charge in [0, 0.05) is 0 Å². The van der Waals surface area contributed by atoms with Crippen LogP contribution in [0.2, 0.25) is 0 Å². The van der Waals surface area contributed by atoms with Crippen LogP contribution >= 0.6 is 0 Å². The van der Waals surface area contributed by atoms with E-state index in [9.17, 15) is 0 Å². The summed E-state index contributed by atoms with van der Waals surface area (Å²) in [6, 6.07) is 0. The van der Waals surface area contributed by atoms with Crippen LogP contribution in [0.4, 0.5) is 0 Å². The third-order valence-corrected chi connectivity index (χ3v) is 0. The van der Waals surface area contributed by atoms with Gasteiger partial charge >= 0.3 is 22.4 Å². The van der Waals surface area contributed by atoms with Crippen LogP contribution in [0.15, 0.2) is 0 Å². The molecule has 0 heterocycles. The Morgan fingerprint density at radius 1 is 0.600 bits per heavy atom. The van der Waals surface area contributed by atoms with E-state index >= 15 is 0 Å². The van der Waals surface area contributed by atoms with Gasteiger partial charge < -0.3 is 22.6 Å². The predicted molar refractivity (Wildman–Crippen MR) is 8.04 cm³/mol. The molecule has 0 radical (unpaired) electrons. The van der Waals surface area contributed by atoms with Gasteiger partial charge in [-0.15, -0.1) is 0 Å². The Hall–Kier alpha value is 0.580. The molecule has 0 saturated carbocycles. The van der Waals surface area contributed by atoms with E-state index in [1.54, 1.807) is 0 Å². The Morgan fingerprint density at radius 3 is 0.600 bits per heavy atom. The van der Waals surface area contributed by atoms with Crippen LogP contribution in [0.5, 0.6) is 0 Å². The summed E-state index contributed by atoms with van der Waals surface area (Å²) in [6.45, 7) is 0. The molecule has 0 aliphatic heterocycles. The zero-order chi connectivity index (χ0) is 0. The van der Waals surface area contributed by atoms with Gasteiger partial charge in [0.15, 0.2) is 0 Å². The largest absolute Gasteiger partial charge is 5.00 e. The van der Waals surface area contributed by atoms with Gasteiger partial charge in [0.05, 0.1) is 0 Å². The zero-order valence-corrected chi connectivity index (χ0v) is 5.89. The molecule has 0 bridgehead atoms. The van der Waals surface area contributed by atoms with Crippen LogP contribution in [-0.2, 0) is 38.8 Å². The molecule has 32 valence electrons. The summed E-state index contributed by atoms with van der Waals surface area (Å²) >= 11 is 0. The monoisotopic (exact) mass is 247 g/mol. The van der Waals surface area contributed by atoms with Crippen molar-refractivity contribution < 1.29 is 38.8 Å². The number of quaternary nitrogens is 1. The molecular formula is H4NO3Ta. The van der Waals surface area contributed by atoms with Gasteiger partial charge in [-0.2, -0.15) is 0 Å². The minimum Gasteiger partial charge on any atom is -2.00 e. The fourth-order valence-electron chi connectivity index (χ4n) is 0. The molecule has 0 aromatic heterocycles. The molecule has 5 heavy (non-hydrogen) atoms. The van der Waals surface area contributed by atoms with E-state index < -0.39 is 0 Å². The van der Waals surface area contributed by atoms with Crippen LogP contribution in [0.3, 0.4) is 0 Å². The van der Waals surface area contributed by atoms with Gasteiger partial charge in [-0.1, -0.05) is 0 Å². The van der Waals surface area contributed by atoms with Crippen LogP contribution in [0, 0.1) is 0 Å². The fraction of sp³-hybridized carbons (Fsp3) is 0. The van der Waals surface area contributed by atoms with Crippen molar-refractivity contribution in [1.29, 1.82) is 0 Å². The van der Waals surface area contributed by atoms with Crippen molar-refractivity contribution >= 4 is 0 Å². The first-order valence-electron chi connectivity index (χ1n) is 0. The second-order valence-corrected chi connectivity index (χ2v) is 0. The second-order valence-electron chi connectivity index (χ2n) is 0. The quantitative estimate of drug-likeness (QED) is 0.620. The summed E-state index contributed by atoms with van der Waals surface area (Å²) < 4.78 is 0. The van der Waals surface area contributed by atoms with E-state index in [0.717, 1.165) is 0 Å². The summed E-state index contributed by atoms with van der Waals surface area (Å²) in [5.74, 6) is 0. The molecule has 0 aromatic rings. The number of rotatable bonds is 0. The van der Waals surface area contributed by atoms with Crippen molar-refractivity contribution in [1.82, 2.24) is 6.15 Å². The van der Waals surface area contributed by atoms with Crippen LogP contribution in [0.1, 0.15) is 0 Å². The van der Waals surface area contributed by atoms with Gasteiger partial charge in [0.25, 0.3) is 0 Å². The Labute approximate surface area is 45.6 Å². The molecule has 0 aliphatic rings. The van der Waals surface area contributed by atoms with Crippen molar-refractivity contribution in [3.63, 3.8) is 0 Å². The van der Waals surface area contributed by atoms with Gasteiger partial charge in [-0.3, -0.25) is 0 Å². The summed E-state index contributed by atoms with van der Waals surface area (Å²) in [6.07, 6.45) is 0. The van der Waals surface area contributed by atoms with E-state index in [4.69, 9.17) is 0 Å². The van der Waals surface area contributed by atoms with Crippen molar-refractivity contribution in [2.75, 3.05) is 0 Å². The van der Waals surface area contributed by atoms with Gasteiger partial charge in [0.1, 0.15) is 0 Å². The fourth-order valence-corrected chi connectivity index (χ4v) is 0. The van der Waals surface area contributed by atoms with E-state index in [1.807, 2.05) is 0 Å².